The molecule has 0 fully saturated rings. The van der Waals surface area contributed by atoms with E-state index < -0.39 is 0 Å². The van der Waals surface area contributed by atoms with Crippen molar-refractivity contribution in [3.8, 4) is 11.5 Å². The second-order valence-electron chi connectivity index (χ2n) is 5.93. The lowest BCUT2D eigenvalue weighted by atomic mass is 10.1. The van der Waals surface area contributed by atoms with Crippen molar-refractivity contribution >= 4 is 23.2 Å². The number of ether oxygens (including phenoxy) is 2. The first kappa shape index (κ1) is 19.9. The molecule has 0 aliphatic carbocycles. The van der Waals surface area contributed by atoms with Gasteiger partial charge in [-0.25, -0.2) is 0 Å². The van der Waals surface area contributed by atoms with E-state index in [2.05, 4.69) is 25.2 Å². The highest BCUT2D eigenvalue weighted by Crippen LogP contribution is 2.30. The van der Waals surface area contributed by atoms with Crippen LogP contribution in [0.5, 0.6) is 11.5 Å². The zero-order valence-electron chi connectivity index (χ0n) is 14.9. The average Bonchev–Trinajstić information content (AvgIpc) is 2.60. The SMILES string of the molecule is CCOc1cc(CN[C@@H](C)CC)ccc1OCc1ccc(Cl)cc1Cl. The van der Waals surface area contributed by atoms with E-state index in [4.69, 9.17) is 32.7 Å². The third kappa shape index (κ3) is 6.10. The van der Waals surface area contributed by atoms with E-state index in [1.54, 1.807) is 12.1 Å². The van der Waals surface area contributed by atoms with E-state index in [0.717, 1.165) is 24.3 Å². The summed E-state index contributed by atoms with van der Waals surface area (Å²) in [6.45, 7) is 8.06. The fraction of sp³-hybridized carbons (Fsp3) is 0.400. The molecule has 0 saturated heterocycles. The van der Waals surface area contributed by atoms with Crippen LogP contribution in [-0.4, -0.2) is 12.6 Å². The second kappa shape index (κ2) is 9.91. The lowest BCUT2D eigenvalue weighted by Crippen LogP contribution is -2.24. The van der Waals surface area contributed by atoms with Crippen molar-refractivity contribution in [1.29, 1.82) is 0 Å². The van der Waals surface area contributed by atoms with Crippen LogP contribution in [0, 0.1) is 0 Å². The van der Waals surface area contributed by atoms with Gasteiger partial charge in [0.15, 0.2) is 11.5 Å². The first-order valence-corrected chi connectivity index (χ1v) is 9.34. The zero-order chi connectivity index (χ0) is 18.2. The third-order valence-corrected chi connectivity index (χ3v) is 4.56. The summed E-state index contributed by atoms with van der Waals surface area (Å²) in [5.74, 6) is 1.45. The number of benzene rings is 2. The molecule has 0 spiro atoms. The number of nitrogens with one attached hydrogen (secondary N) is 1. The average molecular weight is 382 g/mol. The zero-order valence-corrected chi connectivity index (χ0v) is 16.5. The van der Waals surface area contributed by atoms with Gasteiger partial charge in [-0.1, -0.05) is 42.3 Å². The lowest BCUT2D eigenvalue weighted by Gasteiger charge is -2.15. The summed E-state index contributed by atoms with van der Waals surface area (Å²) in [5, 5.41) is 4.69. The Morgan fingerprint density at radius 3 is 2.48 bits per heavy atom. The highest BCUT2D eigenvalue weighted by atomic mass is 35.5. The number of halogens is 2. The third-order valence-electron chi connectivity index (χ3n) is 3.97. The minimum atomic E-state index is 0.362. The molecule has 0 bridgehead atoms. The summed E-state index contributed by atoms with van der Waals surface area (Å²) in [5.41, 5.74) is 2.05. The fourth-order valence-electron chi connectivity index (χ4n) is 2.28. The van der Waals surface area contributed by atoms with Crippen molar-refractivity contribution < 1.29 is 9.47 Å². The monoisotopic (exact) mass is 381 g/mol. The Kier molecular flexibility index (Phi) is 7.89. The number of rotatable bonds is 9. The van der Waals surface area contributed by atoms with Crippen LogP contribution in [0.4, 0.5) is 0 Å². The summed E-state index contributed by atoms with van der Waals surface area (Å²) in [6.07, 6.45) is 1.10. The van der Waals surface area contributed by atoms with Crippen molar-refractivity contribution in [3.05, 3.63) is 57.6 Å². The van der Waals surface area contributed by atoms with E-state index in [1.807, 2.05) is 25.1 Å². The minimum Gasteiger partial charge on any atom is -0.490 e. The van der Waals surface area contributed by atoms with Crippen LogP contribution in [0.2, 0.25) is 10.0 Å². The van der Waals surface area contributed by atoms with Gasteiger partial charge >= 0.3 is 0 Å². The molecule has 3 nitrogen and oxygen atoms in total. The van der Waals surface area contributed by atoms with Crippen LogP contribution < -0.4 is 14.8 Å². The standard InChI is InChI=1S/C20H25Cl2NO2/c1-4-14(3)23-12-15-6-9-19(20(10-15)24-5-2)25-13-16-7-8-17(21)11-18(16)22/h6-11,14,23H,4-5,12-13H2,1-3H3/t14-/m0/s1. The molecule has 25 heavy (non-hydrogen) atoms. The van der Waals surface area contributed by atoms with E-state index in [-0.39, 0.29) is 0 Å². The Hall–Kier alpha value is -1.42. The largest absolute Gasteiger partial charge is 0.490 e. The van der Waals surface area contributed by atoms with E-state index in [0.29, 0.717) is 35.1 Å². The Bertz CT molecular complexity index is 691. The molecule has 1 atom stereocenters. The molecule has 2 aromatic carbocycles. The predicted molar refractivity (Wildman–Crippen MR) is 105 cm³/mol. The molecule has 1 N–H and O–H groups in total. The van der Waals surface area contributed by atoms with Crippen molar-refractivity contribution in [1.82, 2.24) is 5.32 Å². The number of hydrogen-bond acceptors (Lipinski definition) is 3. The van der Waals surface area contributed by atoms with Gasteiger partial charge in [0.25, 0.3) is 0 Å². The molecule has 0 unspecified atom stereocenters. The molecule has 0 aliphatic rings. The molecule has 0 aliphatic heterocycles. The van der Waals surface area contributed by atoms with E-state index >= 15 is 0 Å². The predicted octanol–water partition coefficient (Wildman–Crippen LogP) is 5.86. The van der Waals surface area contributed by atoms with Gasteiger partial charge in [0.2, 0.25) is 0 Å². The maximum absolute atomic E-state index is 6.20. The Labute approximate surface area is 160 Å². The highest BCUT2D eigenvalue weighted by molar-refractivity contribution is 6.35. The van der Waals surface area contributed by atoms with Crippen molar-refractivity contribution in [2.75, 3.05) is 6.61 Å². The van der Waals surface area contributed by atoms with Crippen molar-refractivity contribution in [2.45, 2.75) is 46.4 Å². The van der Waals surface area contributed by atoms with Gasteiger partial charge in [0, 0.05) is 28.2 Å². The van der Waals surface area contributed by atoms with Crippen molar-refractivity contribution in [2.24, 2.45) is 0 Å². The van der Waals surface area contributed by atoms with Gasteiger partial charge in [-0.2, -0.15) is 0 Å². The minimum absolute atomic E-state index is 0.362. The maximum atomic E-state index is 6.20. The molecule has 5 heteroatoms. The van der Waals surface area contributed by atoms with Gasteiger partial charge in [-0.05, 0) is 50.1 Å². The quantitative estimate of drug-likeness (QED) is 0.589. The van der Waals surface area contributed by atoms with Gasteiger partial charge in [-0.3, -0.25) is 0 Å². The molecule has 0 heterocycles. The smallest absolute Gasteiger partial charge is 0.161 e. The van der Waals surface area contributed by atoms with Crippen LogP contribution in [0.15, 0.2) is 36.4 Å². The van der Waals surface area contributed by atoms with Crippen LogP contribution >= 0.6 is 23.2 Å². The molecule has 136 valence electrons. The Morgan fingerprint density at radius 1 is 1.00 bits per heavy atom. The summed E-state index contributed by atoms with van der Waals surface area (Å²) >= 11 is 12.1. The topological polar surface area (TPSA) is 30.5 Å². The maximum Gasteiger partial charge on any atom is 0.161 e. The molecule has 0 radical (unpaired) electrons. The fourth-order valence-corrected chi connectivity index (χ4v) is 2.74. The molecule has 0 aromatic heterocycles. The molecular formula is C20H25Cl2NO2. The summed E-state index contributed by atoms with van der Waals surface area (Å²) < 4.78 is 11.7. The molecule has 0 amide bonds. The second-order valence-corrected chi connectivity index (χ2v) is 6.77. The summed E-state index contributed by atoms with van der Waals surface area (Å²) in [6, 6.07) is 11.9. The number of hydrogen-bond donors (Lipinski definition) is 1. The highest BCUT2D eigenvalue weighted by Gasteiger charge is 2.09. The van der Waals surface area contributed by atoms with Gasteiger partial charge in [-0.15, -0.1) is 0 Å². The van der Waals surface area contributed by atoms with E-state index in [9.17, 15) is 0 Å². The molecule has 2 aromatic rings. The van der Waals surface area contributed by atoms with Crippen LogP contribution in [0.25, 0.3) is 0 Å². The summed E-state index contributed by atoms with van der Waals surface area (Å²) in [7, 11) is 0. The first-order chi connectivity index (χ1) is 12.0. The normalized spacial score (nSPS) is 12.0. The Morgan fingerprint density at radius 2 is 1.80 bits per heavy atom. The molecule has 0 saturated carbocycles. The Balaban J connectivity index is 2.08. The summed E-state index contributed by atoms with van der Waals surface area (Å²) in [4.78, 5) is 0. The molecule has 2 rings (SSSR count). The van der Waals surface area contributed by atoms with Gasteiger partial charge < -0.3 is 14.8 Å². The van der Waals surface area contributed by atoms with E-state index in [1.165, 1.54) is 5.56 Å². The lowest BCUT2D eigenvalue weighted by molar-refractivity contribution is 0.269. The first-order valence-electron chi connectivity index (χ1n) is 8.59. The van der Waals surface area contributed by atoms with Crippen LogP contribution in [0.1, 0.15) is 38.3 Å². The van der Waals surface area contributed by atoms with Crippen molar-refractivity contribution in [3.63, 3.8) is 0 Å². The van der Waals surface area contributed by atoms with Crippen LogP contribution in [0.3, 0.4) is 0 Å². The van der Waals surface area contributed by atoms with Crippen LogP contribution in [-0.2, 0) is 13.2 Å². The van der Waals surface area contributed by atoms with Gasteiger partial charge in [0.05, 0.1) is 6.61 Å². The van der Waals surface area contributed by atoms with Gasteiger partial charge in [0.1, 0.15) is 6.61 Å². The molecular weight excluding hydrogens is 357 g/mol.